The molecule has 1 amide bonds. The predicted molar refractivity (Wildman–Crippen MR) is 146 cm³/mol. The summed E-state index contributed by atoms with van der Waals surface area (Å²) in [5.41, 5.74) is 0.0399. The van der Waals surface area contributed by atoms with Crippen molar-refractivity contribution in [2.24, 2.45) is 5.92 Å². The molecule has 0 aliphatic carbocycles. The van der Waals surface area contributed by atoms with Gasteiger partial charge in [0.2, 0.25) is 0 Å². The van der Waals surface area contributed by atoms with E-state index in [1.807, 2.05) is 6.07 Å². The third-order valence-corrected chi connectivity index (χ3v) is 9.51. The number of aromatic nitrogens is 2. The maximum absolute atomic E-state index is 13.2. The van der Waals surface area contributed by atoms with Crippen molar-refractivity contribution in [3.8, 4) is 0 Å². The summed E-state index contributed by atoms with van der Waals surface area (Å²) < 4.78 is 28.7. The second-order valence-corrected chi connectivity index (χ2v) is 12.3. The Kier molecular flexibility index (Phi) is 8.08. The third kappa shape index (κ3) is 5.60. The highest BCUT2D eigenvalue weighted by atomic mass is 32.2. The van der Waals surface area contributed by atoms with Gasteiger partial charge in [-0.05, 0) is 63.3 Å². The highest BCUT2D eigenvalue weighted by molar-refractivity contribution is 7.90. The van der Waals surface area contributed by atoms with E-state index in [0.29, 0.717) is 23.6 Å². The zero-order valence-corrected chi connectivity index (χ0v) is 23.5. The minimum atomic E-state index is -4.17. The largest absolute Gasteiger partial charge is 0.354 e. The zero-order valence-electron chi connectivity index (χ0n) is 22.6. The highest BCUT2D eigenvalue weighted by Gasteiger charge is 2.40. The van der Waals surface area contributed by atoms with Crippen molar-refractivity contribution in [1.82, 2.24) is 19.6 Å². The molecule has 1 atom stereocenters. The summed E-state index contributed by atoms with van der Waals surface area (Å²) in [7, 11) is -4.17. The predicted octanol–water partition coefficient (Wildman–Crippen LogP) is 3.53. The van der Waals surface area contributed by atoms with Gasteiger partial charge in [-0.3, -0.25) is 9.69 Å². The van der Waals surface area contributed by atoms with Gasteiger partial charge in [-0.25, -0.2) is 14.7 Å². The Labute approximate surface area is 221 Å². The van der Waals surface area contributed by atoms with E-state index < -0.39 is 15.9 Å². The van der Waals surface area contributed by atoms with Crippen molar-refractivity contribution in [3.05, 3.63) is 42.1 Å². The summed E-state index contributed by atoms with van der Waals surface area (Å²) in [4.78, 5) is 28.8. The van der Waals surface area contributed by atoms with Gasteiger partial charge in [-0.2, -0.15) is 8.42 Å². The maximum Gasteiger partial charge on any atom is 0.281 e. The SMILES string of the molecule is CCC(CC)N1CCN(c2cccc(S(=O)(=O)NC(=O)c3cccnc3N3CCC(C)C3(C)C)n2)CC1. The number of carbonyl (C=O) groups excluding carboxylic acids is 1. The topological polar surface area (TPSA) is 98.7 Å². The van der Waals surface area contributed by atoms with Crippen LogP contribution >= 0.6 is 0 Å². The number of piperazine rings is 1. The first kappa shape index (κ1) is 27.3. The number of anilines is 2. The number of nitrogens with one attached hydrogen (secondary N) is 1. The van der Waals surface area contributed by atoms with Gasteiger partial charge >= 0.3 is 0 Å². The Bertz CT molecular complexity index is 1210. The Balaban J connectivity index is 1.50. The smallest absolute Gasteiger partial charge is 0.281 e. The molecule has 0 bridgehead atoms. The molecule has 4 rings (SSSR count). The molecule has 2 aromatic rings. The minimum absolute atomic E-state index is 0.165. The second-order valence-electron chi connectivity index (χ2n) is 10.6. The second kappa shape index (κ2) is 10.9. The fourth-order valence-corrected chi connectivity index (χ4v) is 6.41. The number of hydrogen-bond acceptors (Lipinski definition) is 8. The zero-order chi connectivity index (χ0) is 26.8. The Morgan fingerprint density at radius 3 is 2.41 bits per heavy atom. The van der Waals surface area contributed by atoms with E-state index in [4.69, 9.17) is 0 Å². The normalized spacial score (nSPS) is 20.4. The summed E-state index contributed by atoms with van der Waals surface area (Å²) in [6.07, 6.45) is 4.85. The number of pyridine rings is 2. The number of rotatable bonds is 8. The van der Waals surface area contributed by atoms with Gasteiger partial charge in [0, 0.05) is 50.5 Å². The first-order valence-corrected chi connectivity index (χ1v) is 14.8. The van der Waals surface area contributed by atoms with Crippen molar-refractivity contribution in [3.63, 3.8) is 0 Å². The van der Waals surface area contributed by atoms with Gasteiger partial charge < -0.3 is 9.80 Å². The summed E-state index contributed by atoms with van der Waals surface area (Å²) in [6, 6.07) is 8.77. The first-order valence-electron chi connectivity index (χ1n) is 13.3. The molecule has 1 unspecified atom stereocenters. The Morgan fingerprint density at radius 1 is 1.08 bits per heavy atom. The van der Waals surface area contributed by atoms with Gasteiger partial charge in [0.1, 0.15) is 11.6 Å². The highest BCUT2D eigenvalue weighted by Crippen LogP contribution is 2.38. The van der Waals surface area contributed by atoms with Gasteiger partial charge in [-0.15, -0.1) is 0 Å². The Hall–Kier alpha value is -2.72. The summed E-state index contributed by atoms with van der Waals surface area (Å²) in [5.74, 6) is 0.818. The van der Waals surface area contributed by atoms with Gasteiger partial charge in [0.05, 0.1) is 5.56 Å². The summed E-state index contributed by atoms with van der Waals surface area (Å²) in [5, 5.41) is -0.165. The molecule has 10 heteroatoms. The fourth-order valence-electron chi connectivity index (χ4n) is 5.48. The first-order chi connectivity index (χ1) is 17.6. The van der Waals surface area contributed by atoms with E-state index >= 15 is 0 Å². The third-order valence-electron chi connectivity index (χ3n) is 8.28. The molecule has 4 heterocycles. The molecule has 2 aromatic heterocycles. The van der Waals surface area contributed by atoms with E-state index in [2.05, 4.69) is 64.0 Å². The fraction of sp³-hybridized carbons (Fsp3) is 0.593. The lowest BCUT2D eigenvalue weighted by atomic mass is 9.90. The number of nitrogens with zero attached hydrogens (tertiary/aromatic N) is 5. The van der Waals surface area contributed by atoms with E-state index in [1.54, 1.807) is 24.4 Å². The van der Waals surface area contributed by atoms with Crippen molar-refractivity contribution < 1.29 is 13.2 Å². The van der Waals surface area contributed by atoms with Crippen LogP contribution in [0.25, 0.3) is 0 Å². The molecular formula is C27H40N6O3S. The lowest BCUT2D eigenvalue weighted by Gasteiger charge is -2.39. The van der Waals surface area contributed by atoms with Crippen LogP contribution in [0.2, 0.25) is 0 Å². The monoisotopic (exact) mass is 528 g/mol. The molecule has 0 aromatic carbocycles. The minimum Gasteiger partial charge on any atom is -0.354 e. The molecule has 0 saturated carbocycles. The van der Waals surface area contributed by atoms with Crippen LogP contribution in [0.3, 0.4) is 0 Å². The Morgan fingerprint density at radius 2 is 1.78 bits per heavy atom. The average molecular weight is 529 g/mol. The molecule has 0 spiro atoms. The lowest BCUT2D eigenvalue weighted by Crippen LogP contribution is -2.50. The quantitative estimate of drug-likeness (QED) is 0.556. The molecule has 0 radical (unpaired) electrons. The molecule has 2 fully saturated rings. The number of carbonyl (C=O) groups is 1. The van der Waals surface area contributed by atoms with E-state index in [1.165, 1.54) is 6.07 Å². The van der Waals surface area contributed by atoms with Crippen LogP contribution < -0.4 is 14.5 Å². The van der Waals surface area contributed by atoms with Gasteiger partial charge in [-0.1, -0.05) is 26.8 Å². The van der Waals surface area contributed by atoms with Crippen LogP contribution in [0.15, 0.2) is 41.6 Å². The van der Waals surface area contributed by atoms with Crippen molar-refractivity contribution >= 4 is 27.6 Å². The number of hydrogen-bond donors (Lipinski definition) is 1. The van der Waals surface area contributed by atoms with Gasteiger partial charge in [0.25, 0.3) is 15.9 Å². The molecular weight excluding hydrogens is 488 g/mol. The standard InChI is InChI=1S/C27H40N6O3S/c1-6-21(7-2)31-16-18-32(19-17-31)23-11-8-12-24(29-23)37(35,36)30-26(34)22-10-9-14-28-25(22)33-15-13-20(3)27(33,4)5/h8-12,14,20-21H,6-7,13,15-19H2,1-5H3,(H,30,34). The van der Waals surface area contributed by atoms with Crippen molar-refractivity contribution in [2.75, 3.05) is 42.5 Å². The van der Waals surface area contributed by atoms with Crippen LogP contribution in [0.4, 0.5) is 11.6 Å². The van der Waals surface area contributed by atoms with Gasteiger partial charge in [0.15, 0.2) is 5.03 Å². The molecule has 2 saturated heterocycles. The van der Waals surface area contributed by atoms with E-state index in [-0.39, 0.29) is 16.1 Å². The molecule has 37 heavy (non-hydrogen) atoms. The summed E-state index contributed by atoms with van der Waals surface area (Å²) in [6.45, 7) is 15.0. The molecule has 9 nitrogen and oxygen atoms in total. The molecule has 202 valence electrons. The van der Waals surface area contributed by atoms with Crippen LogP contribution in [-0.4, -0.2) is 73.5 Å². The van der Waals surface area contributed by atoms with Crippen LogP contribution in [0.1, 0.15) is 64.2 Å². The molecule has 2 aliphatic rings. The molecule has 1 N–H and O–H groups in total. The lowest BCUT2D eigenvalue weighted by molar-refractivity contribution is 0.0981. The van der Waals surface area contributed by atoms with Crippen LogP contribution in [-0.2, 0) is 10.0 Å². The van der Waals surface area contributed by atoms with Crippen molar-refractivity contribution in [1.29, 1.82) is 0 Å². The molecule has 2 aliphatic heterocycles. The maximum atomic E-state index is 13.2. The van der Waals surface area contributed by atoms with Crippen LogP contribution in [0.5, 0.6) is 0 Å². The van der Waals surface area contributed by atoms with E-state index in [9.17, 15) is 13.2 Å². The van der Waals surface area contributed by atoms with E-state index in [0.717, 1.165) is 52.0 Å². The number of amides is 1. The summed E-state index contributed by atoms with van der Waals surface area (Å²) >= 11 is 0. The average Bonchev–Trinajstić information content (AvgIpc) is 3.16. The number of sulfonamides is 1. The van der Waals surface area contributed by atoms with Crippen molar-refractivity contribution in [2.45, 2.75) is 70.5 Å². The van der Waals surface area contributed by atoms with Crippen LogP contribution in [0, 0.1) is 5.92 Å².